The normalized spacial score (nSPS) is 11.3. The molecule has 0 aliphatic carbocycles. The van der Waals surface area contributed by atoms with Crippen LogP contribution in [0.5, 0.6) is 0 Å². The zero-order valence-corrected chi connectivity index (χ0v) is 14.3. The van der Waals surface area contributed by atoms with Crippen LogP contribution in [-0.4, -0.2) is 27.9 Å². The van der Waals surface area contributed by atoms with Crippen LogP contribution in [-0.2, 0) is 14.8 Å². The minimum Gasteiger partial charge on any atom is -0.385 e. The maximum absolute atomic E-state index is 13.9. The van der Waals surface area contributed by atoms with Crippen molar-refractivity contribution in [2.75, 3.05) is 18.4 Å². The summed E-state index contributed by atoms with van der Waals surface area (Å²) in [6, 6.07) is 8.13. The number of anilines is 1. The van der Waals surface area contributed by atoms with E-state index < -0.39 is 32.3 Å². The molecule has 0 atom stereocenters. The van der Waals surface area contributed by atoms with Crippen molar-refractivity contribution in [2.24, 2.45) is 0 Å². The van der Waals surface area contributed by atoms with Gasteiger partial charge >= 0.3 is 0 Å². The summed E-state index contributed by atoms with van der Waals surface area (Å²) in [5.74, 6) is -2.13. The summed E-state index contributed by atoms with van der Waals surface area (Å²) in [7, 11) is -2.71. The molecule has 0 heterocycles. The van der Waals surface area contributed by atoms with Crippen LogP contribution in [0.4, 0.5) is 14.5 Å². The molecule has 2 aromatic rings. The molecule has 0 spiro atoms. The summed E-state index contributed by atoms with van der Waals surface area (Å²) in [6.07, 6.45) is 0.480. The van der Waals surface area contributed by atoms with Gasteiger partial charge < -0.3 is 4.74 Å². The second kappa shape index (κ2) is 8.17. The number of Topliss-reactive ketones (excluding diaryl/α,β-unsaturated/α-hetero) is 1. The Balaban J connectivity index is 2.25. The molecule has 0 radical (unpaired) electrons. The fourth-order valence-electron chi connectivity index (χ4n) is 2.19. The van der Waals surface area contributed by atoms with Gasteiger partial charge in [0.1, 0.15) is 16.5 Å². The first-order chi connectivity index (χ1) is 11.8. The first kappa shape index (κ1) is 19.0. The van der Waals surface area contributed by atoms with Gasteiger partial charge in [0, 0.05) is 25.8 Å². The van der Waals surface area contributed by atoms with Gasteiger partial charge in [-0.2, -0.15) is 0 Å². The molecule has 134 valence electrons. The molecular formula is C17H17F2NO4S. The summed E-state index contributed by atoms with van der Waals surface area (Å²) < 4.78 is 59.0. The lowest BCUT2D eigenvalue weighted by molar-refractivity contribution is 0.0959. The van der Waals surface area contributed by atoms with Crippen molar-refractivity contribution in [3.05, 3.63) is 59.7 Å². The van der Waals surface area contributed by atoms with E-state index in [1.807, 2.05) is 0 Å². The van der Waals surface area contributed by atoms with Gasteiger partial charge in [-0.25, -0.2) is 17.2 Å². The summed E-state index contributed by atoms with van der Waals surface area (Å²) >= 11 is 0. The number of sulfonamides is 1. The Labute approximate surface area is 144 Å². The molecule has 8 heteroatoms. The Morgan fingerprint density at radius 1 is 1.12 bits per heavy atom. The SMILES string of the molecule is COCCCC(=O)c1cc(NS(=O)(=O)c2ccccc2F)ccc1F. The first-order valence-electron chi connectivity index (χ1n) is 7.44. The molecule has 0 saturated carbocycles. The van der Waals surface area contributed by atoms with Crippen molar-refractivity contribution in [1.29, 1.82) is 0 Å². The largest absolute Gasteiger partial charge is 0.385 e. The number of carbonyl (C=O) groups is 1. The second-order valence-electron chi connectivity index (χ2n) is 5.25. The lowest BCUT2D eigenvalue weighted by atomic mass is 10.1. The van der Waals surface area contributed by atoms with E-state index in [-0.39, 0.29) is 17.7 Å². The van der Waals surface area contributed by atoms with E-state index in [0.717, 1.165) is 24.3 Å². The Morgan fingerprint density at radius 3 is 2.52 bits per heavy atom. The Bertz CT molecular complexity index is 869. The third kappa shape index (κ3) is 4.83. The van der Waals surface area contributed by atoms with Crippen molar-refractivity contribution in [1.82, 2.24) is 0 Å². The van der Waals surface area contributed by atoms with Crippen molar-refractivity contribution in [3.63, 3.8) is 0 Å². The Morgan fingerprint density at radius 2 is 1.84 bits per heavy atom. The highest BCUT2D eigenvalue weighted by molar-refractivity contribution is 7.92. The highest BCUT2D eigenvalue weighted by Crippen LogP contribution is 2.22. The van der Waals surface area contributed by atoms with Crippen molar-refractivity contribution < 1.29 is 26.7 Å². The highest BCUT2D eigenvalue weighted by Gasteiger charge is 2.20. The molecule has 0 aromatic heterocycles. The third-order valence-corrected chi connectivity index (χ3v) is 4.81. The standard InChI is InChI=1S/C17H17F2NO4S/c1-24-10-4-6-16(21)13-11-12(8-9-14(13)18)20-25(22,23)17-7-3-2-5-15(17)19/h2-3,5,7-9,11,20H,4,6,10H2,1H3. The number of hydrogen-bond acceptors (Lipinski definition) is 4. The summed E-state index contributed by atoms with van der Waals surface area (Å²) in [5, 5.41) is 0. The first-order valence-corrected chi connectivity index (χ1v) is 8.92. The van der Waals surface area contributed by atoms with Gasteiger partial charge in [0.2, 0.25) is 0 Å². The molecule has 1 N–H and O–H groups in total. The number of benzene rings is 2. The molecule has 0 fully saturated rings. The van der Waals surface area contributed by atoms with Gasteiger partial charge in [0.05, 0.1) is 5.56 Å². The van der Waals surface area contributed by atoms with E-state index in [1.54, 1.807) is 0 Å². The molecule has 0 unspecified atom stereocenters. The molecular weight excluding hydrogens is 352 g/mol. The minimum absolute atomic E-state index is 0.0280. The fourth-order valence-corrected chi connectivity index (χ4v) is 3.32. The minimum atomic E-state index is -4.20. The molecule has 0 bridgehead atoms. The number of carbonyl (C=O) groups excluding carboxylic acids is 1. The van der Waals surface area contributed by atoms with Crippen LogP contribution in [0.15, 0.2) is 47.4 Å². The maximum Gasteiger partial charge on any atom is 0.264 e. The lowest BCUT2D eigenvalue weighted by Gasteiger charge is -2.10. The van der Waals surface area contributed by atoms with Gasteiger partial charge in [-0.15, -0.1) is 0 Å². The van der Waals surface area contributed by atoms with Crippen LogP contribution in [0.2, 0.25) is 0 Å². The van der Waals surface area contributed by atoms with Crippen LogP contribution >= 0.6 is 0 Å². The van der Waals surface area contributed by atoms with Crippen LogP contribution in [0.3, 0.4) is 0 Å². The number of ether oxygens (including phenoxy) is 1. The topological polar surface area (TPSA) is 72.5 Å². The van der Waals surface area contributed by atoms with E-state index in [0.29, 0.717) is 13.0 Å². The van der Waals surface area contributed by atoms with Crippen molar-refractivity contribution >= 4 is 21.5 Å². The van der Waals surface area contributed by atoms with Crippen molar-refractivity contribution in [3.8, 4) is 0 Å². The Kier molecular flexibility index (Phi) is 6.22. The van der Waals surface area contributed by atoms with Gasteiger partial charge in [0.15, 0.2) is 5.78 Å². The van der Waals surface area contributed by atoms with Gasteiger partial charge in [-0.05, 0) is 36.8 Å². The molecule has 2 rings (SSSR count). The monoisotopic (exact) mass is 369 g/mol. The smallest absolute Gasteiger partial charge is 0.264 e. The van der Waals surface area contributed by atoms with Crippen LogP contribution < -0.4 is 4.72 Å². The molecule has 5 nitrogen and oxygen atoms in total. The summed E-state index contributed by atoms with van der Waals surface area (Å²) in [6.45, 7) is 0.354. The fraction of sp³-hybridized carbons (Fsp3) is 0.235. The zero-order chi connectivity index (χ0) is 18.4. The summed E-state index contributed by atoms with van der Waals surface area (Å²) in [5.41, 5.74) is -0.260. The number of nitrogens with one attached hydrogen (secondary N) is 1. The molecule has 25 heavy (non-hydrogen) atoms. The molecule has 0 amide bonds. The second-order valence-corrected chi connectivity index (χ2v) is 6.90. The number of methoxy groups -OCH3 is 1. The quantitative estimate of drug-likeness (QED) is 0.572. The van der Waals surface area contributed by atoms with E-state index in [4.69, 9.17) is 4.74 Å². The predicted octanol–water partition coefficient (Wildman–Crippen LogP) is 3.37. The third-order valence-electron chi connectivity index (χ3n) is 3.40. The maximum atomic E-state index is 13.9. The molecule has 0 saturated heterocycles. The average Bonchev–Trinajstić information content (AvgIpc) is 2.56. The van der Waals surface area contributed by atoms with Gasteiger partial charge in [-0.1, -0.05) is 12.1 Å². The number of ketones is 1. The zero-order valence-electron chi connectivity index (χ0n) is 13.5. The number of halogens is 2. The van der Waals surface area contributed by atoms with E-state index in [9.17, 15) is 22.0 Å². The van der Waals surface area contributed by atoms with Crippen LogP contribution in [0.1, 0.15) is 23.2 Å². The van der Waals surface area contributed by atoms with E-state index in [2.05, 4.69) is 4.72 Å². The number of hydrogen-bond donors (Lipinski definition) is 1. The molecule has 2 aromatic carbocycles. The van der Waals surface area contributed by atoms with Gasteiger partial charge in [0.25, 0.3) is 10.0 Å². The van der Waals surface area contributed by atoms with Crippen LogP contribution in [0, 0.1) is 11.6 Å². The highest BCUT2D eigenvalue weighted by atomic mass is 32.2. The van der Waals surface area contributed by atoms with E-state index in [1.165, 1.54) is 25.3 Å². The van der Waals surface area contributed by atoms with E-state index >= 15 is 0 Å². The molecule has 0 aliphatic rings. The lowest BCUT2D eigenvalue weighted by Crippen LogP contribution is -2.15. The van der Waals surface area contributed by atoms with Gasteiger partial charge in [-0.3, -0.25) is 9.52 Å². The molecule has 0 aliphatic heterocycles. The van der Waals surface area contributed by atoms with Crippen LogP contribution in [0.25, 0.3) is 0 Å². The average molecular weight is 369 g/mol. The predicted molar refractivity (Wildman–Crippen MR) is 89.0 cm³/mol. The Hall–Kier alpha value is -2.32. The summed E-state index contributed by atoms with van der Waals surface area (Å²) in [4.78, 5) is 11.5. The van der Waals surface area contributed by atoms with Crippen molar-refractivity contribution in [2.45, 2.75) is 17.7 Å². The number of rotatable bonds is 8.